The SMILES string of the molecule is Cc1sc(NC(=O)CSc2ccncc2)nc1-c1c[nH]c2ncccc12. The third-order valence-corrected chi connectivity index (χ3v) is 5.67. The summed E-state index contributed by atoms with van der Waals surface area (Å²) in [6.45, 7) is 2.00. The lowest BCUT2D eigenvalue weighted by molar-refractivity contribution is -0.113. The van der Waals surface area contributed by atoms with E-state index in [0.717, 1.165) is 32.1 Å². The number of amides is 1. The van der Waals surface area contributed by atoms with Crippen molar-refractivity contribution in [2.24, 2.45) is 0 Å². The van der Waals surface area contributed by atoms with Gasteiger partial charge in [-0.2, -0.15) is 0 Å². The minimum Gasteiger partial charge on any atom is -0.345 e. The van der Waals surface area contributed by atoms with Gasteiger partial charge in [0.15, 0.2) is 5.13 Å². The standard InChI is InChI=1S/C18H15N5OS2/c1-11-16(14-9-21-17-13(14)3-2-6-20-17)23-18(26-11)22-15(24)10-25-12-4-7-19-8-5-12/h2-9H,10H2,1H3,(H,20,21)(H,22,23,24). The lowest BCUT2D eigenvalue weighted by Crippen LogP contribution is -2.13. The van der Waals surface area contributed by atoms with Crippen LogP contribution in [-0.4, -0.2) is 31.6 Å². The van der Waals surface area contributed by atoms with Gasteiger partial charge in [0, 0.05) is 45.5 Å². The lowest BCUT2D eigenvalue weighted by atomic mass is 10.1. The number of aromatic nitrogens is 4. The summed E-state index contributed by atoms with van der Waals surface area (Å²) in [5.74, 6) is 0.252. The van der Waals surface area contributed by atoms with Crippen molar-refractivity contribution < 1.29 is 4.79 Å². The number of rotatable bonds is 5. The van der Waals surface area contributed by atoms with E-state index in [-0.39, 0.29) is 5.91 Å². The minimum absolute atomic E-state index is 0.0762. The largest absolute Gasteiger partial charge is 0.345 e. The Morgan fingerprint density at radius 1 is 1.27 bits per heavy atom. The Morgan fingerprint density at radius 3 is 2.96 bits per heavy atom. The van der Waals surface area contributed by atoms with Crippen LogP contribution in [0.15, 0.2) is 53.9 Å². The van der Waals surface area contributed by atoms with Crippen molar-refractivity contribution in [1.29, 1.82) is 0 Å². The Morgan fingerprint density at radius 2 is 2.12 bits per heavy atom. The molecule has 0 unspecified atom stereocenters. The monoisotopic (exact) mass is 381 g/mol. The average Bonchev–Trinajstić information content (AvgIpc) is 3.24. The van der Waals surface area contributed by atoms with Crippen LogP contribution in [0.2, 0.25) is 0 Å². The number of hydrogen-bond donors (Lipinski definition) is 2. The molecule has 0 saturated heterocycles. The van der Waals surface area contributed by atoms with Crippen molar-refractivity contribution in [3.63, 3.8) is 0 Å². The number of fused-ring (bicyclic) bond motifs is 1. The van der Waals surface area contributed by atoms with Crippen LogP contribution >= 0.6 is 23.1 Å². The molecule has 0 bridgehead atoms. The number of carbonyl (C=O) groups is 1. The summed E-state index contributed by atoms with van der Waals surface area (Å²) in [6.07, 6.45) is 7.09. The van der Waals surface area contributed by atoms with E-state index in [2.05, 4.69) is 25.3 Å². The molecule has 130 valence electrons. The number of anilines is 1. The van der Waals surface area contributed by atoms with Gasteiger partial charge in [-0.05, 0) is 31.2 Å². The maximum atomic E-state index is 12.2. The molecule has 0 fully saturated rings. The van der Waals surface area contributed by atoms with Gasteiger partial charge in [-0.15, -0.1) is 23.1 Å². The number of hydrogen-bond acceptors (Lipinski definition) is 6. The molecule has 4 aromatic heterocycles. The fraction of sp³-hybridized carbons (Fsp3) is 0.111. The van der Waals surface area contributed by atoms with Crippen molar-refractivity contribution in [3.05, 3.63) is 53.9 Å². The molecule has 26 heavy (non-hydrogen) atoms. The number of H-pyrrole nitrogens is 1. The van der Waals surface area contributed by atoms with Gasteiger partial charge in [0.1, 0.15) is 5.65 Å². The Balaban J connectivity index is 1.49. The zero-order valence-electron chi connectivity index (χ0n) is 13.9. The first-order chi connectivity index (χ1) is 12.7. The van der Waals surface area contributed by atoms with Crippen LogP contribution in [-0.2, 0) is 4.79 Å². The topological polar surface area (TPSA) is 83.6 Å². The highest BCUT2D eigenvalue weighted by Gasteiger charge is 2.15. The van der Waals surface area contributed by atoms with Gasteiger partial charge in [0.25, 0.3) is 0 Å². The zero-order chi connectivity index (χ0) is 17.9. The van der Waals surface area contributed by atoms with Crippen molar-refractivity contribution in [3.8, 4) is 11.3 Å². The predicted octanol–water partition coefficient (Wildman–Crippen LogP) is 4.12. The lowest BCUT2D eigenvalue weighted by Gasteiger charge is -2.01. The molecule has 0 aliphatic heterocycles. The third-order valence-electron chi connectivity index (χ3n) is 3.77. The summed E-state index contributed by atoms with van der Waals surface area (Å²) in [7, 11) is 0. The van der Waals surface area contributed by atoms with Crippen LogP contribution in [0, 0.1) is 6.92 Å². The molecule has 0 radical (unpaired) electrons. The van der Waals surface area contributed by atoms with Crippen molar-refractivity contribution in [1.82, 2.24) is 19.9 Å². The Bertz CT molecular complexity index is 1060. The fourth-order valence-electron chi connectivity index (χ4n) is 2.59. The average molecular weight is 381 g/mol. The van der Waals surface area contributed by atoms with Crippen LogP contribution in [0.1, 0.15) is 4.88 Å². The molecule has 2 N–H and O–H groups in total. The van der Waals surface area contributed by atoms with Crippen LogP contribution in [0.5, 0.6) is 0 Å². The number of aryl methyl sites for hydroxylation is 1. The quantitative estimate of drug-likeness (QED) is 0.508. The van der Waals surface area contributed by atoms with Gasteiger partial charge in [0.05, 0.1) is 11.4 Å². The van der Waals surface area contributed by atoms with E-state index >= 15 is 0 Å². The zero-order valence-corrected chi connectivity index (χ0v) is 15.5. The van der Waals surface area contributed by atoms with Gasteiger partial charge in [-0.3, -0.25) is 9.78 Å². The second kappa shape index (κ2) is 7.27. The number of thioether (sulfide) groups is 1. The maximum absolute atomic E-state index is 12.2. The molecule has 4 heterocycles. The van der Waals surface area contributed by atoms with Crippen molar-refractivity contribution in [2.75, 3.05) is 11.1 Å². The van der Waals surface area contributed by atoms with Gasteiger partial charge in [-0.25, -0.2) is 9.97 Å². The van der Waals surface area contributed by atoms with E-state index in [1.807, 2.05) is 37.4 Å². The number of nitrogens with zero attached hydrogens (tertiary/aromatic N) is 3. The van der Waals surface area contributed by atoms with E-state index < -0.39 is 0 Å². The molecule has 0 aromatic carbocycles. The van der Waals surface area contributed by atoms with Crippen molar-refractivity contribution in [2.45, 2.75) is 11.8 Å². The van der Waals surface area contributed by atoms with Gasteiger partial charge >= 0.3 is 0 Å². The van der Waals surface area contributed by atoms with Gasteiger partial charge in [0.2, 0.25) is 5.91 Å². The summed E-state index contributed by atoms with van der Waals surface area (Å²) < 4.78 is 0. The van der Waals surface area contributed by atoms with Crippen LogP contribution < -0.4 is 5.32 Å². The number of nitrogens with one attached hydrogen (secondary N) is 2. The minimum atomic E-state index is -0.0762. The van der Waals surface area contributed by atoms with E-state index in [0.29, 0.717) is 10.9 Å². The van der Waals surface area contributed by atoms with E-state index in [4.69, 9.17) is 0 Å². The molecule has 8 heteroatoms. The highest BCUT2D eigenvalue weighted by molar-refractivity contribution is 8.00. The third kappa shape index (κ3) is 3.47. The Labute approximate surface area is 158 Å². The summed E-state index contributed by atoms with van der Waals surface area (Å²) in [5, 5.41) is 4.52. The van der Waals surface area contributed by atoms with Gasteiger partial charge in [-0.1, -0.05) is 0 Å². The first kappa shape index (κ1) is 16.7. The Hall–Kier alpha value is -2.71. The number of carbonyl (C=O) groups excluding carboxylic acids is 1. The molecular weight excluding hydrogens is 366 g/mol. The number of pyridine rings is 2. The number of thiazole rings is 1. The van der Waals surface area contributed by atoms with E-state index in [1.54, 1.807) is 18.6 Å². The molecule has 6 nitrogen and oxygen atoms in total. The molecule has 4 aromatic rings. The van der Waals surface area contributed by atoms with E-state index in [9.17, 15) is 4.79 Å². The molecule has 0 aliphatic rings. The molecule has 0 aliphatic carbocycles. The first-order valence-corrected chi connectivity index (χ1v) is 9.73. The molecular formula is C18H15N5OS2. The van der Waals surface area contributed by atoms with Crippen LogP contribution in [0.25, 0.3) is 22.3 Å². The number of aromatic amines is 1. The smallest absolute Gasteiger partial charge is 0.236 e. The maximum Gasteiger partial charge on any atom is 0.236 e. The highest BCUT2D eigenvalue weighted by Crippen LogP contribution is 2.34. The molecule has 4 rings (SSSR count). The summed E-state index contributed by atoms with van der Waals surface area (Å²) in [4.78, 5) is 30.3. The first-order valence-electron chi connectivity index (χ1n) is 7.93. The molecule has 1 amide bonds. The Kier molecular flexibility index (Phi) is 4.68. The van der Waals surface area contributed by atoms with Crippen LogP contribution in [0.4, 0.5) is 5.13 Å². The second-order valence-corrected chi connectivity index (χ2v) is 7.80. The van der Waals surface area contributed by atoms with Crippen molar-refractivity contribution >= 4 is 45.2 Å². The normalized spacial score (nSPS) is 11.0. The van der Waals surface area contributed by atoms with Crippen LogP contribution in [0.3, 0.4) is 0 Å². The summed E-state index contributed by atoms with van der Waals surface area (Å²) in [6, 6.07) is 7.68. The fourth-order valence-corrected chi connectivity index (χ4v) is 4.12. The predicted molar refractivity (Wildman–Crippen MR) is 106 cm³/mol. The van der Waals surface area contributed by atoms with E-state index in [1.165, 1.54) is 23.1 Å². The summed E-state index contributed by atoms with van der Waals surface area (Å²) >= 11 is 2.94. The molecule has 0 saturated carbocycles. The van der Waals surface area contributed by atoms with Gasteiger partial charge < -0.3 is 10.3 Å². The molecule has 0 atom stereocenters. The summed E-state index contributed by atoms with van der Waals surface area (Å²) in [5.41, 5.74) is 2.69. The second-order valence-electron chi connectivity index (χ2n) is 5.55. The highest BCUT2D eigenvalue weighted by atomic mass is 32.2. The molecule has 0 spiro atoms.